The van der Waals surface area contributed by atoms with Crippen LogP contribution in [0.5, 0.6) is 0 Å². The third-order valence-corrected chi connectivity index (χ3v) is 10.6. The molecule has 3 aliphatic heterocycles. The van der Waals surface area contributed by atoms with E-state index in [-0.39, 0.29) is 44.7 Å². The highest BCUT2D eigenvalue weighted by Crippen LogP contribution is 2.51. The second-order valence-corrected chi connectivity index (χ2v) is 16.4. The van der Waals surface area contributed by atoms with E-state index in [9.17, 15) is 44.8 Å². The number of aliphatic hydroxyl groups is 6. The minimum atomic E-state index is -4.19. The molecule has 3 heterocycles. The van der Waals surface area contributed by atoms with Crippen molar-refractivity contribution >= 4 is 25.4 Å². The number of hydrogen-bond acceptors (Lipinski definition) is 23. The Kier molecular flexibility index (Phi) is 23.1. The van der Waals surface area contributed by atoms with E-state index in [0.717, 1.165) is 6.66 Å². The number of hydrogen-bond donors (Lipinski definition) is 9. The minimum Gasteiger partial charge on any atom is -0.447 e. The van der Waals surface area contributed by atoms with E-state index in [4.69, 9.17) is 57.4 Å². The van der Waals surface area contributed by atoms with Crippen molar-refractivity contribution in [2.75, 3.05) is 107 Å². The predicted molar refractivity (Wildman–Crippen MR) is 213 cm³/mol. The number of carbonyl (C=O) groups is 2. The van der Waals surface area contributed by atoms with Gasteiger partial charge >= 0.3 is 13.7 Å². The van der Waals surface area contributed by atoms with Crippen molar-refractivity contribution in [3.8, 4) is 0 Å². The van der Waals surface area contributed by atoms with Crippen LogP contribution < -0.4 is 16.4 Å². The van der Waals surface area contributed by atoms with Crippen molar-refractivity contribution in [3.63, 3.8) is 0 Å². The van der Waals surface area contributed by atoms with Crippen molar-refractivity contribution in [2.24, 2.45) is 10.7 Å². The fourth-order valence-corrected chi connectivity index (χ4v) is 7.52. The average Bonchev–Trinajstić information content (AvgIpc) is 3.50. The zero-order chi connectivity index (χ0) is 45.9. The Morgan fingerprint density at radius 1 is 1.03 bits per heavy atom. The third-order valence-electron chi connectivity index (χ3n) is 9.30. The van der Waals surface area contributed by atoms with Crippen LogP contribution in [-0.4, -0.2) is 227 Å². The van der Waals surface area contributed by atoms with Gasteiger partial charge in [0.1, 0.15) is 67.5 Å². The Labute approximate surface area is 359 Å². The molecule has 2 fully saturated rings. The summed E-state index contributed by atoms with van der Waals surface area (Å²) < 4.78 is 73.6. The molecule has 10 N–H and O–H groups in total. The van der Waals surface area contributed by atoms with Crippen LogP contribution >= 0.6 is 7.60 Å². The van der Waals surface area contributed by atoms with Gasteiger partial charge < -0.3 is 99.1 Å². The standard InChI is InChI=1S/C36H64N5O20P/c1-22-39-27(37)6-7-41(22)34-32(48)31(47)26(59-34)21-58-62(5,50)61-36(2)16-24(43)29(33(60-36)30(46)25(44)18-42)40-28(45)17-38-35(49)57-20-23(56-15-14-54-11-9-52-4)19-55-13-12-53-10-8-51-3/h6-7,23-26,29-34,42-44,46-48H,1,8-21H2,2-5H3,(H2,37,39)(H,38,49)(H,40,45)/t23?,24-,25+,26?,29+,30+,31+,32+,33?,34+,36-,62?/m0/s1. The van der Waals surface area contributed by atoms with Gasteiger partial charge in [-0.05, 0) is 13.0 Å². The first-order chi connectivity index (χ1) is 29.4. The highest BCUT2D eigenvalue weighted by molar-refractivity contribution is 7.53. The summed E-state index contributed by atoms with van der Waals surface area (Å²) in [6.07, 6.45) is -11.7. The summed E-state index contributed by atoms with van der Waals surface area (Å²) in [4.78, 5) is 30.9. The van der Waals surface area contributed by atoms with Crippen LogP contribution in [0.3, 0.4) is 0 Å². The van der Waals surface area contributed by atoms with Gasteiger partial charge in [-0.3, -0.25) is 13.9 Å². The second kappa shape index (κ2) is 26.8. The number of nitrogens with zero attached hydrogens (tertiary/aromatic N) is 2. The van der Waals surface area contributed by atoms with Gasteiger partial charge in [0, 0.05) is 33.5 Å². The van der Waals surface area contributed by atoms with Crippen molar-refractivity contribution < 1.29 is 96.5 Å². The molecule has 4 unspecified atom stereocenters. The molecular formula is C36H64N5O20P. The number of nitrogens with two attached hydrogens (primary N) is 1. The predicted octanol–water partition coefficient (Wildman–Crippen LogP) is -3.53. The molecule has 2 amide bonds. The Morgan fingerprint density at radius 3 is 2.32 bits per heavy atom. The van der Waals surface area contributed by atoms with Crippen LogP contribution in [0, 0.1) is 0 Å². The van der Waals surface area contributed by atoms with Gasteiger partial charge in [-0.25, -0.2) is 9.79 Å². The molecule has 0 aromatic carbocycles. The maximum atomic E-state index is 13.6. The van der Waals surface area contributed by atoms with E-state index in [1.165, 1.54) is 24.1 Å². The summed E-state index contributed by atoms with van der Waals surface area (Å²) in [5.41, 5.74) is 5.67. The smallest absolute Gasteiger partial charge is 0.407 e. The summed E-state index contributed by atoms with van der Waals surface area (Å²) in [5.74, 6) is -2.59. The maximum absolute atomic E-state index is 13.6. The lowest BCUT2D eigenvalue weighted by molar-refractivity contribution is -0.282. The molecule has 358 valence electrons. The van der Waals surface area contributed by atoms with Crippen LogP contribution in [0.15, 0.2) is 29.7 Å². The van der Waals surface area contributed by atoms with E-state index in [1.54, 1.807) is 14.2 Å². The van der Waals surface area contributed by atoms with E-state index < -0.39 is 113 Å². The maximum Gasteiger partial charge on any atom is 0.407 e. The van der Waals surface area contributed by atoms with E-state index >= 15 is 0 Å². The van der Waals surface area contributed by atoms with E-state index in [0.29, 0.717) is 33.0 Å². The molecule has 0 spiro atoms. The molecule has 0 radical (unpaired) electrons. The number of amides is 2. The van der Waals surface area contributed by atoms with Crippen LogP contribution in [-0.2, 0) is 61.0 Å². The van der Waals surface area contributed by atoms with Gasteiger partial charge in [0.2, 0.25) is 5.91 Å². The van der Waals surface area contributed by atoms with Crippen molar-refractivity contribution in [1.82, 2.24) is 15.5 Å². The molecular weight excluding hydrogens is 853 g/mol. The first-order valence-electron chi connectivity index (χ1n) is 19.7. The number of aliphatic imine (C=N–C) groups is 1. The van der Waals surface area contributed by atoms with E-state index in [2.05, 4.69) is 22.2 Å². The third kappa shape index (κ3) is 17.6. The Hall–Kier alpha value is -2.92. The van der Waals surface area contributed by atoms with E-state index in [1.807, 2.05) is 0 Å². The summed E-state index contributed by atoms with van der Waals surface area (Å²) in [6, 6.07) is -1.47. The summed E-state index contributed by atoms with van der Waals surface area (Å²) in [7, 11) is -1.10. The Balaban J connectivity index is 1.55. The molecule has 62 heavy (non-hydrogen) atoms. The molecule has 0 aromatic heterocycles. The van der Waals surface area contributed by atoms with Gasteiger partial charge in [0.25, 0.3) is 0 Å². The normalized spacial score (nSPS) is 28.8. The Bertz CT molecular complexity index is 1500. The molecule has 12 atom stereocenters. The molecule has 0 saturated carbocycles. The monoisotopic (exact) mass is 917 g/mol. The molecule has 3 aliphatic rings. The van der Waals surface area contributed by atoms with Crippen LogP contribution in [0.1, 0.15) is 13.3 Å². The van der Waals surface area contributed by atoms with Gasteiger partial charge in [-0.15, -0.1) is 0 Å². The fraction of sp³-hybridized carbons (Fsp3) is 0.806. The quantitative estimate of drug-likeness (QED) is 0.0259. The summed E-state index contributed by atoms with van der Waals surface area (Å²) in [6.45, 7) is 6.13. The summed E-state index contributed by atoms with van der Waals surface area (Å²) >= 11 is 0. The highest BCUT2D eigenvalue weighted by Gasteiger charge is 2.52. The average molecular weight is 918 g/mol. The first-order valence-corrected chi connectivity index (χ1v) is 21.7. The fourth-order valence-electron chi connectivity index (χ4n) is 6.23. The summed E-state index contributed by atoms with van der Waals surface area (Å²) in [5, 5.41) is 68.1. The number of aliphatic hydroxyl groups excluding tert-OH is 6. The van der Waals surface area contributed by atoms with Crippen molar-refractivity contribution in [3.05, 3.63) is 24.7 Å². The SMILES string of the molecule is C=C1N=C(N)C=CN1[C@@H]1OC(COP(C)(=O)O[C@@]2(C)C[C@H](O)[C@@H](NC(=O)CNC(=O)OCC(COCCOCCOC)OCCOCCOC)C([C@H](O)[C@H](O)CO)O2)[C@@H](O)[C@H]1O. The largest absolute Gasteiger partial charge is 0.447 e. The van der Waals surface area contributed by atoms with Crippen LogP contribution in [0.2, 0.25) is 0 Å². The van der Waals surface area contributed by atoms with Crippen molar-refractivity contribution in [2.45, 2.75) is 80.2 Å². The van der Waals surface area contributed by atoms with Gasteiger partial charge in [0.05, 0.1) is 84.8 Å². The number of carbonyl (C=O) groups excluding carboxylic acids is 2. The van der Waals surface area contributed by atoms with Gasteiger partial charge in [-0.2, -0.15) is 0 Å². The van der Waals surface area contributed by atoms with Gasteiger partial charge in [-0.1, -0.05) is 6.58 Å². The molecule has 25 nitrogen and oxygen atoms in total. The molecule has 0 bridgehead atoms. The highest BCUT2D eigenvalue weighted by atomic mass is 31.2. The number of alkyl carbamates (subject to hydrolysis) is 1. The second-order valence-electron chi connectivity index (χ2n) is 14.4. The minimum absolute atomic E-state index is 0.0355. The van der Waals surface area contributed by atoms with Crippen LogP contribution in [0.25, 0.3) is 0 Å². The molecule has 26 heteroatoms. The van der Waals surface area contributed by atoms with Crippen molar-refractivity contribution in [1.29, 1.82) is 0 Å². The van der Waals surface area contributed by atoms with Crippen LogP contribution in [0.4, 0.5) is 4.79 Å². The molecule has 0 aromatic rings. The number of amidine groups is 1. The molecule has 0 aliphatic carbocycles. The lowest BCUT2D eigenvalue weighted by Crippen LogP contribution is -2.66. The number of ether oxygens (including phenoxy) is 9. The molecule has 3 rings (SSSR count). The Morgan fingerprint density at radius 2 is 1.68 bits per heavy atom. The first kappa shape index (κ1) is 53.4. The molecule has 2 saturated heterocycles. The number of nitrogens with one attached hydrogen (secondary N) is 2. The number of rotatable bonds is 29. The topological polar surface area (TPSA) is 340 Å². The van der Waals surface area contributed by atoms with Gasteiger partial charge in [0.15, 0.2) is 12.0 Å². The lowest BCUT2D eigenvalue weighted by atomic mass is 9.89. The number of methoxy groups -OCH3 is 2. The lowest BCUT2D eigenvalue weighted by Gasteiger charge is -2.47. The zero-order valence-electron chi connectivity index (χ0n) is 35.4. The zero-order valence-corrected chi connectivity index (χ0v) is 36.2.